The van der Waals surface area contributed by atoms with Crippen molar-refractivity contribution < 1.29 is 14.7 Å². The van der Waals surface area contributed by atoms with Crippen molar-refractivity contribution in [1.29, 1.82) is 0 Å². The lowest BCUT2D eigenvalue weighted by Crippen LogP contribution is -2.36. The van der Waals surface area contributed by atoms with Crippen LogP contribution in [-0.4, -0.2) is 24.6 Å². The predicted molar refractivity (Wildman–Crippen MR) is 139 cm³/mol. The van der Waals surface area contributed by atoms with Gasteiger partial charge in [0.25, 0.3) is 0 Å². The van der Waals surface area contributed by atoms with Crippen LogP contribution in [0.3, 0.4) is 0 Å². The fourth-order valence-electron chi connectivity index (χ4n) is 4.25. The smallest absolute Gasteiger partial charge is 0.164 e. The van der Waals surface area contributed by atoms with Crippen molar-refractivity contribution in [2.24, 2.45) is 11.1 Å². The highest BCUT2D eigenvalue weighted by Gasteiger charge is 2.39. The third-order valence-electron chi connectivity index (χ3n) is 6.05. The number of aromatic hydroxyl groups is 1. The summed E-state index contributed by atoms with van der Waals surface area (Å²) in [5.74, 6) is 1.72. The second kappa shape index (κ2) is 10.2. The van der Waals surface area contributed by atoms with Crippen molar-refractivity contribution in [3.05, 3.63) is 115 Å². The third-order valence-corrected chi connectivity index (χ3v) is 6.05. The molecule has 0 saturated carbocycles. The molecule has 0 amide bonds. The average Bonchev–Trinajstić information content (AvgIpc) is 3.33. The lowest BCUT2D eigenvalue weighted by atomic mass is 9.93. The van der Waals surface area contributed by atoms with Gasteiger partial charge in [0.15, 0.2) is 11.9 Å². The van der Waals surface area contributed by atoms with Crippen LogP contribution in [0.4, 0.5) is 17.1 Å². The molecule has 4 aromatic rings. The van der Waals surface area contributed by atoms with Crippen LogP contribution < -0.4 is 15.0 Å². The molecule has 0 saturated heterocycles. The number of methoxy groups -OCH3 is 1. The Kier molecular flexibility index (Phi) is 6.52. The van der Waals surface area contributed by atoms with Gasteiger partial charge in [0.2, 0.25) is 0 Å². The number of amidine groups is 1. The van der Waals surface area contributed by atoms with E-state index in [1.54, 1.807) is 19.2 Å². The van der Waals surface area contributed by atoms with Gasteiger partial charge < -0.3 is 20.0 Å². The summed E-state index contributed by atoms with van der Waals surface area (Å²) in [6.07, 6.45) is -0.314. The minimum Gasteiger partial charge on any atom is -0.508 e. The third kappa shape index (κ3) is 4.92. The average molecular weight is 466 g/mol. The fourth-order valence-corrected chi connectivity index (χ4v) is 4.25. The number of hydrogen-bond donors (Lipinski definition) is 2. The Labute approximate surface area is 205 Å². The number of para-hydroxylation sites is 2. The minimum atomic E-state index is -0.314. The number of phenols is 1. The second-order valence-corrected chi connectivity index (χ2v) is 8.29. The molecular weight excluding hydrogens is 438 g/mol. The van der Waals surface area contributed by atoms with E-state index in [1.165, 1.54) is 0 Å². The molecule has 2 atom stereocenters. The van der Waals surface area contributed by atoms with E-state index in [0.717, 1.165) is 34.2 Å². The number of ether oxygens (including phenoxy) is 1. The molecule has 1 heterocycles. The summed E-state index contributed by atoms with van der Waals surface area (Å²) in [4.78, 5) is 8.20. The first kappa shape index (κ1) is 22.3. The van der Waals surface area contributed by atoms with Crippen LogP contribution in [0.2, 0.25) is 0 Å². The van der Waals surface area contributed by atoms with Crippen LogP contribution >= 0.6 is 0 Å². The SMILES string of the molecule is COc1ccc(NCC2C(N(c3ccccc3)c3ccccc3)=NOC2c2ccc(O)cc2)cc1. The Morgan fingerprint density at radius 2 is 1.43 bits per heavy atom. The first-order chi connectivity index (χ1) is 17.2. The summed E-state index contributed by atoms with van der Waals surface area (Å²) in [5, 5.41) is 18.0. The van der Waals surface area contributed by atoms with E-state index >= 15 is 0 Å². The molecule has 0 aliphatic carbocycles. The molecule has 0 radical (unpaired) electrons. The van der Waals surface area contributed by atoms with E-state index in [4.69, 9.17) is 9.57 Å². The molecule has 5 rings (SSSR count). The van der Waals surface area contributed by atoms with Crippen LogP contribution in [0.25, 0.3) is 0 Å². The van der Waals surface area contributed by atoms with Crippen LogP contribution in [0, 0.1) is 5.92 Å². The van der Waals surface area contributed by atoms with E-state index < -0.39 is 0 Å². The maximum absolute atomic E-state index is 9.80. The molecule has 0 aromatic heterocycles. The van der Waals surface area contributed by atoms with E-state index in [1.807, 2.05) is 72.8 Å². The van der Waals surface area contributed by atoms with Gasteiger partial charge in [-0.2, -0.15) is 0 Å². The molecule has 1 aliphatic rings. The molecule has 2 N–H and O–H groups in total. The lowest BCUT2D eigenvalue weighted by Gasteiger charge is -2.29. The zero-order chi connectivity index (χ0) is 24.0. The van der Waals surface area contributed by atoms with Crippen LogP contribution in [0.1, 0.15) is 11.7 Å². The highest BCUT2D eigenvalue weighted by molar-refractivity contribution is 6.06. The Morgan fingerprint density at radius 3 is 2.00 bits per heavy atom. The summed E-state index contributed by atoms with van der Waals surface area (Å²) in [7, 11) is 1.66. The van der Waals surface area contributed by atoms with Crippen molar-refractivity contribution in [2.45, 2.75) is 6.10 Å². The number of rotatable bonds is 7. The lowest BCUT2D eigenvalue weighted by molar-refractivity contribution is 0.0640. The first-order valence-corrected chi connectivity index (χ1v) is 11.5. The van der Waals surface area contributed by atoms with Gasteiger partial charge in [0.1, 0.15) is 11.5 Å². The van der Waals surface area contributed by atoms with E-state index in [9.17, 15) is 5.11 Å². The van der Waals surface area contributed by atoms with Crippen molar-refractivity contribution in [3.8, 4) is 11.5 Å². The molecule has 0 bridgehead atoms. The quantitative estimate of drug-likeness (QED) is 0.333. The largest absolute Gasteiger partial charge is 0.508 e. The summed E-state index contributed by atoms with van der Waals surface area (Å²) < 4.78 is 5.28. The summed E-state index contributed by atoms with van der Waals surface area (Å²) in [6.45, 7) is 0.590. The number of benzene rings is 4. The van der Waals surface area contributed by atoms with Gasteiger partial charge in [-0.05, 0) is 66.2 Å². The van der Waals surface area contributed by atoms with Crippen molar-refractivity contribution in [1.82, 2.24) is 0 Å². The molecule has 176 valence electrons. The molecule has 4 aromatic carbocycles. The van der Waals surface area contributed by atoms with Gasteiger partial charge in [0, 0.05) is 23.6 Å². The van der Waals surface area contributed by atoms with Gasteiger partial charge in [-0.15, -0.1) is 0 Å². The summed E-state index contributed by atoms with van der Waals surface area (Å²) >= 11 is 0. The normalized spacial score (nSPS) is 16.8. The molecule has 35 heavy (non-hydrogen) atoms. The van der Waals surface area contributed by atoms with Gasteiger partial charge in [0.05, 0.1) is 13.0 Å². The monoisotopic (exact) mass is 465 g/mol. The number of oxime groups is 1. The number of nitrogens with one attached hydrogen (secondary N) is 1. The summed E-state index contributed by atoms with van der Waals surface area (Å²) in [5.41, 5.74) is 3.93. The predicted octanol–water partition coefficient (Wildman–Crippen LogP) is 6.35. The molecule has 2 unspecified atom stereocenters. The van der Waals surface area contributed by atoms with Crippen LogP contribution in [0.15, 0.2) is 114 Å². The Morgan fingerprint density at radius 1 is 0.829 bits per heavy atom. The van der Waals surface area contributed by atoms with Gasteiger partial charge in [-0.25, -0.2) is 0 Å². The standard InChI is InChI=1S/C29H27N3O3/c1-34-26-18-14-22(15-19-26)30-20-27-28(21-12-16-25(33)17-13-21)35-31-29(27)32(23-8-4-2-5-9-23)24-10-6-3-7-11-24/h2-19,27-28,30,33H,20H2,1H3. The minimum absolute atomic E-state index is 0.109. The Bertz CT molecular complexity index is 1220. The van der Waals surface area contributed by atoms with Crippen molar-refractivity contribution >= 4 is 22.9 Å². The van der Waals surface area contributed by atoms with Gasteiger partial charge >= 0.3 is 0 Å². The number of anilines is 3. The molecule has 0 spiro atoms. The fraction of sp³-hybridized carbons (Fsp3) is 0.138. The second-order valence-electron chi connectivity index (χ2n) is 8.29. The highest BCUT2D eigenvalue weighted by Crippen LogP contribution is 2.39. The van der Waals surface area contributed by atoms with Crippen LogP contribution in [0.5, 0.6) is 11.5 Å². The molecular formula is C29H27N3O3. The zero-order valence-electron chi connectivity index (χ0n) is 19.4. The maximum atomic E-state index is 9.80. The first-order valence-electron chi connectivity index (χ1n) is 11.5. The van der Waals surface area contributed by atoms with Crippen molar-refractivity contribution in [3.63, 3.8) is 0 Å². The van der Waals surface area contributed by atoms with E-state index in [-0.39, 0.29) is 17.8 Å². The van der Waals surface area contributed by atoms with E-state index in [2.05, 4.69) is 39.6 Å². The number of phenolic OH excluding ortho intramolecular Hbond substituents is 1. The van der Waals surface area contributed by atoms with E-state index in [0.29, 0.717) is 6.54 Å². The zero-order valence-corrected chi connectivity index (χ0v) is 19.4. The molecule has 0 fully saturated rings. The molecule has 6 heteroatoms. The van der Waals surface area contributed by atoms with Gasteiger partial charge in [-0.1, -0.05) is 53.7 Å². The van der Waals surface area contributed by atoms with Crippen molar-refractivity contribution in [2.75, 3.05) is 23.9 Å². The Balaban J connectivity index is 1.50. The summed E-state index contributed by atoms with van der Waals surface area (Å²) in [6, 6.07) is 35.3. The maximum Gasteiger partial charge on any atom is 0.164 e. The molecule has 6 nitrogen and oxygen atoms in total. The Hall–Kier alpha value is -4.45. The van der Waals surface area contributed by atoms with Crippen LogP contribution in [-0.2, 0) is 4.84 Å². The topological polar surface area (TPSA) is 66.3 Å². The highest BCUT2D eigenvalue weighted by atomic mass is 16.6. The number of hydrogen-bond acceptors (Lipinski definition) is 6. The van der Waals surface area contributed by atoms with Gasteiger partial charge in [-0.3, -0.25) is 4.90 Å². The number of nitrogens with zero attached hydrogens (tertiary/aromatic N) is 2. The molecule has 1 aliphatic heterocycles.